The van der Waals surface area contributed by atoms with Gasteiger partial charge < -0.3 is 24.6 Å². The molecule has 0 aliphatic carbocycles. The number of nitrogens with zero attached hydrogens (tertiary/aromatic N) is 1. The van der Waals surface area contributed by atoms with Crippen LogP contribution in [-0.4, -0.2) is 28.1 Å². The van der Waals surface area contributed by atoms with Gasteiger partial charge in [-0.25, -0.2) is 0 Å². The summed E-state index contributed by atoms with van der Waals surface area (Å²) >= 11 is 0. The molecule has 0 saturated heterocycles. The molecule has 1 heterocycles. The lowest BCUT2D eigenvalue weighted by Gasteiger charge is -2.19. The number of phenols is 2. The van der Waals surface area contributed by atoms with Crippen molar-refractivity contribution in [2.24, 2.45) is 0 Å². The van der Waals surface area contributed by atoms with Gasteiger partial charge in [-0.1, -0.05) is 42.5 Å². The topological polar surface area (TPSA) is 79.2 Å². The van der Waals surface area contributed by atoms with Gasteiger partial charge in [0.2, 0.25) is 0 Å². The van der Waals surface area contributed by atoms with Crippen molar-refractivity contribution in [2.75, 3.05) is 7.11 Å². The van der Waals surface area contributed by atoms with Crippen molar-refractivity contribution >= 4 is 5.91 Å². The Morgan fingerprint density at radius 1 is 1.00 bits per heavy atom. The summed E-state index contributed by atoms with van der Waals surface area (Å²) in [6, 6.07) is 17.7. The molecule has 4 rings (SSSR count). The standard InChI is InChI=1S/C23H21NO5/c1-28-20-9-5-8-16-12-24(13-18(16)20)23(27)22-19(26)10-17(25)11-21(22)29-14-15-6-3-2-4-7-15/h2-11,25-26H,12-14H2,1H3. The molecule has 0 radical (unpaired) electrons. The van der Waals surface area contributed by atoms with Crippen LogP contribution in [0.3, 0.4) is 0 Å². The quantitative estimate of drug-likeness (QED) is 0.691. The highest BCUT2D eigenvalue weighted by Crippen LogP contribution is 2.37. The molecular formula is C23H21NO5. The van der Waals surface area contributed by atoms with Crippen molar-refractivity contribution in [1.82, 2.24) is 4.90 Å². The molecule has 1 aliphatic rings. The Labute approximate surface area is 168 Å². The number of rotatable bonds is 5. The van der Waals surface area contributed by atoms with E-state index >= 15 is 0 Å². The first-order valence-corrected chi connectivity index (χ1v) is 9.23. The summed E-state index contributed by atoms with van der Waals surface area (Å²) in [6.07, 6.45) is 0. The number of fused-ring (bicyclic) bond motifs is 1. The van der Waals surface area contributed by atoms with Gasteiger partial charge >= 0.3 is 0 Å². The van der Waals surface area contributed by atoms with Crippen molar-refractivity contribution < 1.29 is 24.5 Å². The highest BCUT2D eigenvalue weighted by atomic mass is 16.5. The average molecular weight is 391 g/mol. The number of hydrogen-bond acceptors (Lipinski definition) is 5. The zero-order chi connectivity index (χ0) is 20.4. The van der Waals surface area contributed by atoms with Crippen molar-refractivity contribution in [1.29, 1.82) is 0 Å². The van der Waals surface area contributed by atoms with Gasteiger partial charge in [0.15, 0.2) is 0 Å². The second kappa shape index (κ2) is 7.75. The number of benzene rings is 3. The Hall–Kier alpha value is -3.67. The van der Waals surface area contributed by atoms with Crippen LogP contribution >= 0.6 is 0 Å². The molecule has 3 aromatic rings. The zero-order valence-corrected chi connectivity index (χ0v) is 16.0. The Morgan fingerprint density at radius 3 is 2.55 bits per heavy atom. The lowest BCUT2D eigenvalue weighted by Crippen LogP contribution is -2.26. The lowest BCUT2D eigenvalue weighted by atomic mass is 10.1. The predicted molar refractivity (Wildman–Crippen MR) is 107 cm³/mol. The van der Waals surface area contributed by atoms with E-state index in [0.29, 0.717) is 13.1 Å². The minimum absolute atomic E-state index is 0.0329. The number of carbonyl (C=O) groups excluding carboxylic acids is 1. The highest BCUT2D eigenvalue weighted by molar-refractivity contribution is 6.00. The minimum atomic E-state index is -0.371. The fourth-order valence-electron chi connectivity index (χ4n) is 3.53. The van der Waals surface area contributed by atoms with Crippen LogP contribution in [0.1, 0.15) is 27.0 Å². The average Bonchev–Trinajstić information content (AvgIpc) is 3.16. The van der Waals surface area contributed by atoms with Gasteiger partial charge in [0.1, 0.15) is 35.2 Å². The molecule has 0 atom stereocenters. The van der Waals surface area contributed by atoms with Gasteiger partial charge in [-0.05, 0) is 17.2 Å². The van der Waals surface area contributed by atoms with E-state index in [1.807, 2.05) is 48.5 Å². The minimum Gasteiger partial charge on any atom is -0.508 e. The van der Waals surface area contributed by atoms with Crippen LogP contribution in [-0.2, 0) is 19.7 Å². The number of aromatic hydroxyl groups is 2. The first kappa shape index (κ1) is 18.7. The summed E-state index contributed by atoms with van der Waals surface area (Å²) in [4.78, 5) is 14.9. The van der Waals surface area contributed by atoms with Crippen molar-refractivity contribution in [3.05, 3.63) is 82.9 Å². The van der Waals surface area contributed by atoms with E-state index in [1.54, 1.807) is 12.0 Å². The van der Waals surface area contributed by atoms with Crippen LogP contribution in [0.4, 0.5) is 0 Å². The Kier molecular flexibility index (Phi) is 4.99. The number of hydrogen-bond donors (Lipinski definition) is 2. The van der Waals surface area contributed by atoms with E-state index in [2.05, 4.69) is 0 Å². The summed E-state index contributed by atoms with van der Waals surface area (Å²) in [5.41, 5.74) is 2.90. The maximum absolute atomic E-state index is 13.2. The normalized spacial score (nSPS) is 12.5. The zero-order valence-electron chi connectivity index (χ0n) is 16.0. The van der Waals surface area contributed by atoms with E-state index in [1.165, 1.54) is 6.07 Å². The van der Waals surface area contributed by atoms with Gasteiger partial charge in [0.25, 0.3) is 5.91 Å². The third-order valence-corrected chi connectivity index (χ3v) is 4.96. The Morgan fingerprint density at radius 2 is 1.79 bits per heavy atom. The van der Waals surface area contributed by atoms with Crippen LogP contribution in [0, 0.1) is 0 Å². The molecule has 0 saturated carbocycles. The third kappa shape index (κ3) is 3.69. The van der Waals surface area contributed by atoms with Gasteiger partial charge in [-0.2, -0.15) is 0 Å². The molecule has 0 fully saturated rings. The monoisotopic (exact) mass is 391 g/mol. The van der Waals surface area contributed by atoms with E-state index in [0.717, 1.165) is 28.5 Å². The van der Waals surface area contributed by atoms with E-state index in [9.17, 15) is 15.0 Å². The molecule has 0 bridgehead atoms. The molecule has 148 valence electrons. The molecule has 0 unspecified atom stereocenters. The van der Waals surface area contributed by atoms with E-state index < -0.39 is 0 Å². The predicted octanol–water partition coefficient (Wildman–Crippen LogP) is 3.84. The number of amides is 1. The number of phenolic OH excluding ortho intramolecular Hbond substituents is 2. The van der Waals surface area contributed by atoms with Gasteiger partial charge in [-0.3, -0.25) is 4.79 Å². The molecule has 6 heteroatoms. The molecule has 6 nitrogen and oxygen atoms in total. The molecule has 3 aromatic carbocycles. The van der Waals surface area contributed by atoms with Crippen molar-refractivity contribution in [2.45, 2.75) is 19.7 Å². The van der Waals surface area contributed by atoms with Crippen LogP contribution in [0.25, 0.3) is 0 Å². The molecule has 0 spiro atoms. The maximum atomic E-state index is 13.2. The van der Waals surface area contributed by atoms with Crippen molar-refractivity contribution in [3.63, 3.8) is 0 Å². The second-order valence-electron chi connectivity index (χ2n) is 6.87. The Bertz CT molecular complexity index is 1050. The van der Waals surface area contributed by atoms with Crippen LogP contribution in [0.2, 0.25) is 0 Å². The molecule has 2 N–H and O–H groups in total. The summed E-state index contributed by atoms with van der Waals surface area (Å²) < 4.78 is 11.2. The van der Waals surface area contributed by atoms with Gasteiger partial charge in [-0.15, -0.1) is 0 Å². The molecule has 1 amide bonds. The molecular weight excluding hydrogens is 370 g/mol. The number of carbonyl (C=O) groups is 1. The van der Waals surface area contributed by atoms with Crippen molar-refractivity contribution in [3.8, 4) is 23.0 Å². The lowest BCUT2D eigenvalue weighted by molar-refractivity contribution is 0.0742. The Balaban J connectivity index is 1.61. The molecule has 29 heavy (non-hydrogen) atoms. The SMILES string of the molecule is COc1cccc2c1CN(C(=O)c1c(O)cc(O)cc1OCc1ccccc1)C2. The summed E-state index contributed by atoms with van der Waals surface area (Å²) in [5, 5.41) is 20.3. The van der Waals surface area contributed by atoms with Gasteiger partial charge in [0.05, 0.1) is 13.7 Å². The van der Waals surface area contributed by atoms with Crippen LogP contribution < -0.4 is 9.47 Å². The maximum Gasteiger partial charge on any atom is 0.262 e. The summed E-state index contributed by atoms with van der Waals surface area (Å²) in [6.45, 7) is 0.985. The second-order valence-corrected chi connectivity index (χ2v) is 6.87. The van der Waals surface area contributed by atoms with E-state index in [-0.39, 0.29) is 35.3 Å². The van der Waals surface area contributed by atoms with Crippen LogP contribution in [0.5, 0.6) is 23.0 Å². The highest BCUT2D eigenvalue weighted by Gasteiger charge is 2.30. The summed E-state index contributed by atoms with van der Waals surface area (Å²) in [5.74, 6) is 0.00541. The van der Waals surface area contributed by atoms with Crippen LogP contribution in [0.15, 0.2) is 60.7 Å². The first-order valence-electron chi connectivity index (χ1n) is 9.23. The fourth-order valence-corrected chi connectivity index (χ4v) is 3.53. The molecule has 0 aromatic heterocycles. The fraction of sp³-hybridized carbons (Fsp3) is 0.174. The largest absolute Gasteiger partial charge is 0.508 e. The molecule has 1 aliphatic heterocycles. The van der Waals surface area contributed by atoms with Gasteiger partial charge in [0, 0.05) is 24.2 Å². The number of methoxy groups -OCH3 is 1. The summed E-state index contributed by atoms with van der Waals surface area (Å²) in [7, 11) is 1.60. The third-order valence-electron chi connectivity index (χ3n) is 4.96. The number of ether oxygens (including phenoxy) is 2. The van der Waals surface area contributed by atoms with E-state index in [4.69, 9.17) is 9.47 Å². The smallest absolute Gasteiger partial charge is 0.262 e. The first-order chi connectivity index (χ1) is 14.1.